The first-order chi connectivity index (χ1) is 9.25. The number of carbonyl (C=O) groups excluding carboxylic acids is 1. The first-order valence-electron chi connectivity index (χ1n) is 5.47. The van der Waals surface area contributed by atoms with Gasteiger partial charge in [-0.15, -0.1) is 0 Å². The minimum Gasteiger partial charge on any atom is -0.461 e. The lowest BCUT2D eigenvalue weighted by Gasteiger charge is -2.08. The lowest BCUT2D eigenvalue weighted by Crippen LogP contribution is -2.09. The summed E-state index contributed by atoms with van der Waals surface area (Å²) in [5, 5.41) is -0.262. The summed E-state index contributed by atoms with van der Waals surface area (Å²) in [6.45, 7) is 1.67. The zero-order valence-electron chi connectivity index (χ0n) is 10.2. The molecule has 0 aliphatic rings. The van der Waals surface area contributed by atoms with Crippen molar-refractivity contribution in [2.24, 2.45) is 0 Å². The van der Waals surface area contributed by atoms with Crippen molar-refractivity contribution < 1.29 is 22.7 Å². The Balaban J connectivity index is 2.66. The van der Waals surface area contributed by atoms with E-state index in [0.717, 1.165) is 16.7 Å². The molecular formula is C11H9ClF3N3O2. The molecule has 2 aromatic rings. The smallest absolute Gasteiger partial charge is 0.417 e. The van der Waals surface area contributed by atoms with E-state index in [-0.39, 0.29) is 28.8 Å². The summed E-state index contributed by atoms with van der Waals surface area (Å²) in [7, 11) is 0. The second-order valence-electron chi connectivity index (χ2n) is 3.83. The number of halogens is 4. The van der Waals surface area contributed by atoms with Gasteiger partial charge in [-0.3, -0.25) is 4.40 Å². The highest BCUT2D eigenvalue weighted by Gasteiger charge is 2.32. The maximum Gasteiger partial charge on any atom is 0.417 e. The molecule has 0 saturated carbocycles. The monoisotopic (exact) mass is 307 g/mol. The van der Waals surface area contributed by atoms with E-state index < -0.39 is 17.7 Å². The first kappa shape index (κ1) is 14.4. The minimum absolute atomic E-state index is 0.0415. The SMILES string of the molecule is CCOC(=O)c1nc2c(Cl)cc(C(F)(F)F)cn2c1N. The number of pyridine rings is 1. The topological polar surface area (TPSA) is 69.6 Å². The van der Waals surface area contributed by atoms with Crippen LogP contribution in [0.2, 0.25) is 5.02 Å². The minimum atomic E-state index is -4.58. The van der Waals surface area contributed by atoms with Crippen LogP contribution in [0.4, 0.5) is 19.0 Å². The van der Waals surface area contributed by atoms with Crippen LogP contribution in [0.1, 0.15) is 23.0 Å². The summed E-state index contributed by atoms with van der Waals surface area (Å²) < 4.78 is 43.7. The Kier molecular flexibility index (Phi) is 3.51. The van der Waals surface area contributed by atoms with E-state index in [2.05, 4.69) is 4.98 Å². The van der Waals surface area contributed by atoms with Crippen LogP contribution in [0.3, 0.4) is 0 Å². The van der Waals surface area contributed by atoms with Crippen molar-refractivity contribution >= 4 is 29.0 Å². The first-order valence-corrected chi connectivity index (χ1v) is 5.85. The molecular weight excluding hydrogens is 299 g/mol. The van der Waals surface area contributed by atoms with E-state index in [9.17, 15) is 18.0 Å². The Labute approximate surface area is 116 Å². The number of aromatic nitrogens is 2. The summed E-state index contributed by atoms with van der Waals surface area (Å²) in [5.41, 5.74) is 4.32. The normalized spacial score (nSPS) is 11.8. The highest BCUT2D eigenvalue weighted by Crippen LogP contribution is 2.33. The van der Waals surface area contributed by atoms with Crippen LogP contribution in [-0.4, -0.2) is 22.0 Å². The van der Waals surface area contributed by atoms with Gasteiger partial charge in [-0.1, -0.05) is 11.6 Å². The van der Waals surface area contributed by atoms with Crippen LogP contribution in [-0.2, 0) is 10.9 Å². The van der Waals surface area contributed by atoms with Gasteiger partial charge in [0.15, 0.2) is 11.3 Å². The van der Waals surface area contributed by atoms with Crippen molar-refractivity contribution in [2.75, 3.05) is 12.3 Å². The lowest BCUT2D eigenvalue weighted by molar-refractivity contribution is -0.137. The molecule has 0 aliphatic carbocycles. The Morgan fingerprint density at radius 3 is 2.75 bits per heavy atom. The third-order valence-electron chi connectivity index (χ3n) is 2.51. The summed E-state index contributed by atoms with van der Waals surface area (Å²) >= 11 is 5.74. The van der Waals surface area contributed by atoms with Crippen molar-refractivity contribution in [1.82, 2.24) is 9.38 Å². The summed E-state index contributed by atoms with van der Waals surface area (Å²) in [6, 6.07) is 0.720. The fourth-order valence-electron chi connectivity index (χ4n) is 1.63. The second-order valence-corrected chi connectivity index (χ2v) is 4.24. The second kappa shape index (κ2) is 4.86. The van der Waals surface area contributed by atoms with Crippen molar-refractivity contribution in [3.05, 3.63) is 28.5 Å². The number of fused-ring (bicyclic) bond motifs is 1. The van der Waals surface area contributed by atoms with Crippen LogP contribution in [0.15, 0.2) is 12.3 Å². The van der Waals surface area contributed by atoms with E-state index >= 15 is 0 Å². The van der Waals surface area contributed by atoms with Crippen LogP contribution < -0.4 is 5.73 Å². The summed E-state index contributed by atoms with van der Waals surface area (Å²) in [4.78, 5) is 15.4. The van der Waals surface area contributed by atoms with Crippen LogP contribution >= 0.6 is 11.6 Å². The molecule has 2 N–H and O–H groups in total. The number of nitrogens with two attached hydrogens (primary N) is 1. The van der Waals surface area contributed by atoms with E-state index in [1.807, 2.05) is 0 Å². The van der Waals surface area contributed by atoms with Crippen molar-refractivity contribution in [3.63, 3.8) is 0 Å². The standard InChI is InChI=1S/C11H9ClF3N3O2/c1-2-20-10(19)7-8(16)18-4-5(11(13,14)15)3-6(12)9(18)17-7/h3-4H,2,16H2,1H3. The Morgan fingerprint density at radius 2 is 2.20 bits per heavy atom. The number of rotatable bonds is 2. The van der Waals surface area contributed by atoms with Crippen LogP contribution in [0.5, 0.6) is 0 Å². The predicted molar refractivity (Wildman–Crippen MR) is 65.6 cm³/mol. The molecule has 20 heavy (non-hydrogen) atoms. The third kappa shape index (κ3) is 2.38. The molecule has 0 saturated heterocycles. The molecule has 5 nitrogen and oxygen atoms in total. The molecule has 108 valence electrons. The number of imidazole rings is 1. The molecule has 0 spiro atoms. The van der Waals surface area contributed by atoms with Gasteiger partial charge in [-0.2, -0.15) is 13.2 Å². The number of anilines is 1. The highest BCUT2D eigenvalue weighted by atomic mass is 35.5. The molecule has 0 amide bonds. The molecule has 9 heteroatoms. The molecule has 0 atom stereocenters. The van der Waals surface area contributed by atoms with Crippen LogP contribution in [0, 0.1) is 0 Å². The molecule has 0 unspecified atom stereocenters. The molecule has 0 bridgehead atoms. The summed E-state index contributed by atoms with van der Waals surface area (Å²) in [6.07, 6.45) is -3.86. The number of alkyl halides is 3. The average Bonchev–Trinajstić information content (AvgIpc) is 2.67. The average molecular weight is 308 g/mol. The molecule has 2 heterocycles. The molecule has 2 aromatic heterocycles. The van der Waals surface area contributed by atoms with Gasteiger partial charge in [0.2, 0.25) is 0 Å². The van der Waals surface area contributed by atoms with Gasteiger partial charge < -0.3 is 10.5 Å². The Hall–Kier alpha value is -1.96. The van der Waals surface area contributed by atoms with E-state index in [0.29, 0.717) is 0 Å². The van der Waals surface area contributed by atoms with E-state index in [4.69, 9.17) is 22.1 Å². The van der Waals surface area contributed by atoms with Crippen molar-refractivity contribution in [1.29, 1.82) is 0 Å². The fourth-order valence-corrected chi connectivity index (χ4v) is 1.88. The molecule has 0 radical (unpaired) electrons. The Bertz CT molecular complexity index is 682. The molecule has 0 aromatic carbocycles. The quantitative estimate of drug-likeness (QED) is 0.866. The largest absolute Gasteiger partial charge is 0.461 e. The number of nitrogen functional groups attached to an aromatic ring is 1. The molecule has 0 aliphatic heterocycles. The van der Waals surface area contributed by atoms with Crippen LogP contribution in [0.25, 0.3) is 5.65 Å². The zero-order valence-corrected chi connectivity index (χ0v) is 10.9. The molecule has 2 rings (SSSR count). The van der Waals surface area contributed by atoms with E-state index in [1.54, 1.807) is 6.92 Å². The van der Waals surface area contributed by atoms with Crippen molar-refractivity contribution in [3.8, 4) is 0 Å². The van der Waals surface area contributed by atoms with Gasteiger partial charge in [0.25, 0.3) is 0 Å². The lowest BCUT2D eigenvalue weighted by atomic mass is 10.3. The summed E-state index contributed by atoms with van der Waals surface area (Å²) in [5.74, 6) is -1.08. The molecule has 0 fully saturated rings. The van der Waals surface area contributed by atoms with Gasteiger partial charge in [-0.05, 0) is 13.0 Å². The predicted octanol–water partition coefficient (Wildman–Crippen LogP) is 2.77. The van der Waals surface area contributed by atoms with Gasteiger partial charge in [0.1, 0.15) is 5.82 Å². The van der Waals surface area contributed by atoms with Crippen molar-refractivity contribution in [2.45, 2.75) is 13.1 Å². The number of esters is 1. The maximum absolute atomic E-state index is 12.7. The number of hydrogen-bond donors (Lipinski definition) is 1. The zero-order chi connectivity index (χ0) is 15.1. The van der Waals surface area contributed by atoms with Gasteiger partial charge in [0, 0.05) is 6.20 Å². The van der Waals surface area contributed by atoms with Gasteiger partial charge in [-0.25, -0.2) is 9.78 Å². The maximum atomic E-state index is 12.7. The third-order valence-corrected chi connectivity index (χ3v) is 2.79. The fraction of sp³-hybridized carbons (Fsp3) is 0.273. The number of carbonyl (C=O) groups is 1. The number of nitrogens with zero attached hydrogens (tertiary/aromatic N) is 2. The Morgan fingerprint density at radius 1 is 1.55 bits per heavy atom. The van der Waals surface area contributed by atoms with Gasteiger partial charge in [0.05, 0.1) is 17.2 Å². The number of hydrogen-bond acceptors (Lipinski definition) is 4. The van der Waals surface area contributed by atoms with Gasteiger partial charge >= 0.3 is 12.1 Å². The highest BCUT2D eigenvalue weighted by molar-refractivity contribution is 6.33. The number of ether oxygens (including phenoxy) is 1. The van der Waals surface area contributed by atoms with E-state index in [1.165, 1.54) is 0 Å².